The summed E-state index contributed by atoms with van der Waals surface area (Å²) in [5.41, 5.74) is 0. The molecular formula is C4H11NaO6S2. The van der Waals surface area contributed by atoms with Crippen LogP contribution in [0.1, 0.15) is 19.8 Å². The van der Waals surface area contributed by atoms with Crippen molar-refractivity contribution in [1.29, 1.82) is 0 Å². The summed E-state index contributed by atoms with van der Waals surface area (Å²) in [4.78, 5) is 0. The fourth-order valence-electron chi connectivity index (χ4n) is 0.687. The summed E-state index contributed by atoms with van der Waals surface area (Å²) in [7, 11) is -9.45. The SMILES string of the molecule is CCCC(S(=O)(=O)O)S(=O)(=O)O.[NaH]. The molecule has 0 bridgehead atoms. The second-order valence-electron chi connectivity index (χ2n) is 2.25. The zero-order valence-electron chi connectivity index (χ0n) is 6.34. The van der Waals surface area contributed by atoms with Crippen LogP contribution < -0.4 is 0 Å². The van der Waals surface area contributed by atoms with Gasteiger partial charge in [0.1, 0.15) is 0 Å². The number of hydrogen-bond donors (Lipinski definition) is 2. The Morgan fingerprint density at radius 3 is 1.46 bits per heavy atom. The van der Waals surface area contributed by atoms with Gasteiger partial charge in [-0.2, -0.15) is 16.8 Å². The fraction of sp³-hybridized carbons (Fsp3) is 1.00. The first-order valence-electron chi connectivity index (χ1n) is 3.12. The Hall–Kier alpha value is 0.820. The normalized spacial score (nSPS) is 12.6. The van der Waals surface area contributed by atoms with Crippen LogP contribution in [-0.4, -0.2) is 60.1 Å². The van der Waals surface area contributed by atoms with Crippen LogP contribution in [0, 0.1) is 0 Å². The topological polar surface area (TPSA) is 109 Å². The third kappa shape index (κ3) is 6.00. The van der Waals surface area contributed by atoms with Crippen LogP contribution in [0.5, 0.6) is 0 Å². The van der Waals surface area contributed by atoms with E-state index in [1.165, 1.54) is 6.92 Å². The molecule has 0 radical (unpaired) electrons. The van der Waals surface area contributed by atoms with Gasteiger partial charge in [0.15, 0.2) is 0 Å². The Bertz CT molecular complexity index is 298. The predicted octanol–water partition coefficient (Wildman–Crippen LogP) is -0.760. The summed E-state index contributed by atoms with van der Waals surface area (Å²) in [5, 5.41) is 0. The Morgan fingerprint density at radius 2 is 1.38 bits per heavy atom. The van der Waals surface area contributed by atoms with Gasteiger partial charge in [0.25, 0.3) is 20.2 Å². The Morgan fingerprint density at radius 1 is 1.08 bits per heavy atom. The maximum absolute atomic E-state index is 10.4. The molecule has 0 aliphatic heterocycles. The van der Waals surface area contributed by atoms with Gasteiger partial charge in [-0.25, -0.2) is 0 Å². The molecule has 6 nitrogen and oxygen atoms in total. The van der Waals surface area contributed by atoms with Crippen molar-refractivity contribution >= 4 is 49.8 Å². The van der Waals surface area contributed by atoms with E-state index < -0.39 is 24.8 Å². The summed E-state index contributed by atoms with van der Waals surface area (Å²) in [6.07, 6.45) is -0.0953. The zero-order valence-corrected chi connectivity index (χ0v) is 7.97. The van der Waals surface area contributed by atoms with E-state index in [0.717, 1.165) is 0 Å². The van der Waals surface area contributed by atoms with Crippen LogP contribution in [-0.2, 0) is 20.2 Å². The summed E-state index contributed by atoms with van der Waals surface area (Å²) in [6, 6.07) is 0. The predicted molar refractivity (Wildman–Crippen MR) is 48.9 cm³/mol. The molecule has 9 heteroatoms. The molecule has 0 aromatic rings. The van der Waals surface area contributed by atoms with Crippen molar-refractivity contribution in [3.63, 3.8) is 0 Å². The average molecular weight is 242 g/mol. The second kappa shape index (κ2) is 5.64. The number of rotatable bonds is 4. The van der Waals surface area contributed by atoms with Crippen molar-refractivity contribution in [2.45, 2.75) is 24.3 Å². The molecule has 76 valence electrons. The fourth-order valence-corrected chi connectivity index (χ4v) is 2.98. The van der Waals surface area contributed by atoms with Gasteiger partial charge in [-0.05, 0) is 6.42 Å². The Kier molecular flexibility index (Phi) is 7.05. The van der Waals surface area contributed by atoms with E-state index in [4.69, 9.17) is 9.11 Å². The van der Waals surface area contributed by atoms with Crippen LogP contribution in [0.25, 0.3) is 0 Å². The van der Waals surface area contributed by atoms with E-state index in [9.17, 15) is 16.8 Å². The summed E-state index contributed by atoms with van der Waals surface area (Å²) < 4.78 is 56.2. The third-order valence-corrected chi connectivity index (χ3v) is 4.45. The van der Waals surface area contributed by atoms with Gasteiger partial charge in [0.2, 0.25) is 4.58 Å². The molecule has 0 amide bonds. The van der Waals surface area contributed by atoms with Gasteiger partial charge in [-0.1, -0.05) is 13.3 Å². The van der Waals surface area contributed by atoms with Crippen LogP contribution in [0.3, 0.4) is 0 Å². The molecule has 13 heavy (non-hydrogen) atoms. The van der Waals surface area contributed by atoms with Crippen molar-refractivity contribution in [2.75, 3.05) is 0 Å². The van der Waals surface area contributed by atoms with Crippen molar-refractivity contribution in [3.8, 4) is 0 Å². The van der Waals surface area contributed by atoms with Crippen molar-refractivity contribution in [2.24, 2.45) is 0 Å². The van der Waals surface area contributed by atoms with Crippen molar-refractivity contribution in [3.05, 3.63) is 0 Å². The van der Waals surface area contributed by atoms with Gasteiger partial charge in [-0.3, -0.25) is 9.11 Å². The minimum absolute atomic E-state index is 0. The first kappa shape index (κ1) is 16.3. The van der Waals surface area contributed by atoms with Gasteiger partial charge >= 0.3 is 29.6 Å². The van der Waals surface area contributed by atoms with Crippen molar-refractivity contribution in [1.82, 2.24) is 0 Å². The first-order valence-corrected chi connectivity index (χ1v) is 6.13. The van der Waals surface area contributed by atoms with E-state index in [1.807, 2.05) is 0 Å². The van der Waals surface area contributed by atoms with Crippen LogP contribution >= 0.6 is 0 Å². The van der Waals surface area contributed by atoms with E-state index in [1.54, 1.807) is 0 Å². The van der Waals surface area contributed by atoms with Crippen LogP contribution in [0.2, 0.25) is 0 Å². The summed E-state index contributed by atoms with van der Waals surface area (Å²) >= 11 is 0. The van der Waals surface area contributed by atoms with Gasteiger partial charge < -0.3 is 0 Å². The molecule has 0 heterocycles. The molecule has 0 aromatic heterocycles. The van der Waals surface area contributed by atoms with E-state index in [-0.39, 0.29) is 42.4 Å². The monoisotopic (exact) mass is 242 g/mol. The summed E-state index contributed by atoms with van der Waals surface area (Å²) in [6.45, 7) is 1.53. The molecule has 0 aliphatic carbocycles. The first-order chi connectivity index (χ1) is 5.19. The van der Waals surface area contributed by atoms with E-state index in [0.29, 0.717) is 0 Å². The molecular weight excluding hydrogens is 231 g/mol. The standard InChI is InChI=1S/C4H10O6S2.Na.H/c1-2-3-4(11(5,6)7)12(8,9)10;;/h4H,2-3H2,1H3,(H,5,6,7)(H,8,9,10);;. The molecule has 0 aliphatic rings. The molecule has 0 saturated carbocycles. The van der Waals surface area contributed by atoms with E-state index in [2.05, 4.69) is 0 Å². The average Bonchev–Trinajstić information content (AvgIpc) is 1.77. The quantitative estimate of drug-likeness (QED) is 0.495. The molecule has 0 unspecified atom stereocenters. The van der Waals surface area contributed by atoms with Gasteiger partial charge in [-0.15, -0.1) is 0 Å². The molecule has 0 rings (SSSR count). The van der Waals surface area contributed by atoms with E-state index >= 15 is 0 Å². The van der Waals surface area contributed by atoms with Crippen LogP contribution in [0.4, 0.5) is 0 Å². The Labute approximate surface area is 99.5 Å². The van der Waals surface area contributed by atoms with Gasteiger partial charge in [0, 0.05) is 0 Å². The molecule has 2 N–H and O–H groups in total. The molecule has 0 spiro atoms. The van der Waals surface area contributed by atoms with Gasteiger partial charge in [0.05, 0.1) is 0 Å². The molecule has 0 aromatic carbocycles. The molecule has 0 atom stereocenters. The number of hydrogen-bond acceptors (Lipinski definition) is 4. The summed E-state index contributed by atoms with van der Waals surface area (Å²) in [5.74, 6) is 0. The van der Waals surface area contributed by atoms with Crippen molar-refractivity contribution < 1.29 is 25.9 Å². The van der Waals surface area contributed by atoms with Crippen LogP contribution in [0.15, 0.2) is 0 Å². The minimum atomic E-state index is -4.72. The third-order valence-electron chi connectivity index (χ3n) is 1.19. The molecule has 0 fully saturated rings. The maximum atomic E-state index is 10.4. The Balaban J connectivity index is 0. The molecule has 0 saturated heterocycles. The zero-order chi connectivity index (χ0) is 9.99. The second-order valence-corrected chi connectivity index (χ2v) is 5.74.